The number of hydrogen-bond donors (Lipinski definition) is 3. The first-order chi connectivity index (χ1) is 16.8. The summed E-state index contributed by atoms with van der Waals surface area (Å²) in [6.07, 6.45) is 3.32. The number of methoxy groups -OCH3 is 1. The third-order valence-corrected chi connectivity index (χ3v) is 6.74. The molecule has 3 amide bonds. The molecule has 0 fully saturated rings. The normalized spacial score (nSPS) is 13.1. The monoisotopic (exact) mass is 492 g/mol. The number of benzene rings is 2. The van der Waals surface area contributed by atoms with E-state index >= 15 is 0 Å². The number of aromatic nitrogens is 1. The third kappa shape index (κ3) is 5.86. The molecule has 0 aliphatic heterocycles. The van der Waals surface area contributed by atoms with E-state index in [2.05, 4.69) is 27.0 Å². The Hall–Kier alpha value is -3.72. The number of thiazole rings is 1. The summed E-state index contributed by atoms with van der Waals surface area (Å²) in [6, 6.07) is 12.2. The van der Waals surface area contributed by atoms with Crippen LogP contribution in [0.25, 0.3) is 11.3 Å². The molecule has 0 radical (unpaired) electrons. The van der Waals surface area contributed by atoms with Crippen LogP contribution in [0.2, 0.25) is 0 Å². The van der Waals surface area contributed by atoms with Gasteiger partial charge in [0.2, 0.25) is 0 Å². The number of carbonyl (C=O) groups is 3. The predicted octanol–water partition coefficient (Wildman–Crippen LogP) is 4.87. The van der Waals surface area contributed by atoms with Gasteiger partial charge in [0.15, 0.2) is 5.01 Å². The van der Waals surface area contributed by atoms with Crippen LogP contribution in [-0.2, 0) is 22.4 Å². The van der Waals surface area contributed by atoms with Gasteiger partial charge in [0.05, 0.1) is 12.8 Å². The summed E-state index contributed by atoms with van der Waals surface area (Å²) in [6.45, 7) is 3.66. The molecule has 1 aliphatic rings. The molecule has 35 heavy (non-hydrogen) atoms. The van der Waals surface area contributed by atoms with E-state index in [9.17, 15) is 14.4 Å². The van der Waals surface area contributed by atoms with Gasteiger partial charge in [-0.25, -0.2) is 14.6 Å². The van der Waals surface area contributed by atoms with Crippen LogP contribution in [0, 0.1) is 5.92 Å². The lowest BCUT2D eigenvalue weighted by molar-refractivity contribution is -0.144. The predicted molar refractivity (Wildman–Crippen MR) is 137 cm³/mol. The molecule has 1 heterocycles. The Morgan fingerprint density at radius 3 is 2.37 bits per heavy atom. The molecule has 1 aliphatic carbocycles. The highest BCUT2D eigenvalue weighted by Gasteiger charge is 2.26. The van der Waals surface area contributed by atoms with E-state index < -0.39 is 17.9 Å². The fourth-order valence-electron chi connectivity index (χ4n) is 4.01. The topological polar surface area (TPSA) is 109 Å². The van der Waals surface area contributed by atoms with Crippen molar-refractivity contribution in [3.05, 3.63) is 64.0 Å². The maximum atomic E-state index is 12.6. The number of carbonyl (C=O) groups excluding carboxylic acids is 3. The van der Waals surface area contributed by atoms with Gasteiger partial charge in [-0.15, -0.1) is 11.3 Å². The van der Waals surface area contributed by atoms with Gasteiger partial charge in [0.25, 0.3) is 5.91 Å². The molecule has 1 atom stereocenters. The van der Waals surface area contributed by atoms with E-state index in [1.54, 1.807) is 17.5 Å². The number of fused-ring (bicyclic) bond motifs is 1. The van der Waals surface area contributed by atoms with Gasteiger partial charge in [-0.2, -0.15) is 0 Å². The van der Waals surface area contributed by atoms with Crippen molar-refractivity contribution in [1.29, 1.82) is 0 Å². The Kier molecular flexibility index (Phi) is 7.45. The van der Waals surface area contributed by atoms with Gasteiger partial charge in [0, 0.05) is 22.3 Å². The first-order valence-electron chi connectivity index (χ1n) is 11.5. The molecule has 0 spiro atoms. The van der Waals surface area contributed by atoms with Crippen molar-refractivity contribution in [3.8, 4) is 11.3 Å². The fraction of sp³-hybridized carbons (Fsp3) is 0.308. The lowest BCUT2D eigenvalue weighted by Gasteiger charge is -2.18. The number of nitrogens with zero attached hydrogens (tertiary/aromatic N) is 1. The van der Waals surface area contributed by atoms with Gasteiger partial charge >= 0.3 is 12.0 Å². The average molecular weight is 493 g/mol. The van der Waals surface area contributed by atoms with Gasteiger partial charge in [-0.3, -0.25) is 4.79 Å². The summed E-state index contributed by atoms with van der Waals surface area (Å²) >= 11 is 1.19. The maximum absolute atomic E-state index is 12.6. The molecule has 0 bridgehead atoms. The fourth-order valence-corrected chi connectivity index (χ4v) is 4.73. The number of aryl methyl sites for hydroxylation is 2. The number of anilines is 2. The number of amides is 3. The van der Waals surface area contributed by atoms with Crippen molar-refractivity contribution in [2.75, 3.05) is 17.7 Å². The molecule has 3 N–H and O–H groups in total. The Balaban J connectivity index is 1.36. The highest BCUT2D eigenvalue weighted by atomic mass is 32.1. The van der Waals surface area contributed by atoms with E-state index in [0.29, 0.717) is 11.4 Å². The smallest absolute Gasteiger partial charge is 0.328 e. The number of rotatable bonds is 7. The standard InChI is InChI=1S/C26H28N4O4S/c1-15(2)22(25(32)34-3)30-23(31)24-29-21(14-35-24)17-8-10-19(11-9-17)27-26(33)28-20-12-7-16-5-4-6-18(16)13-20/h7-15,22H,4-6H2,1-3H3,(H,30,31)(H2,27,28,33). The van der Waals surface area contributed by atoms with E-state index in [1.165, 1.54) is 29.6 Å². The molecule has 4 rings (SSSR count). The Labute approximate surface area is 208 Å². The van der Waals surface area contributed by atoms with Crippen LogP contribution in [0.15, 0.2) is 47.8 Å². The number of nitrogens with one attached hydrogen (secondary N) is 3. The molecular formula is C26H28N4O4S. The lowest BCUT2D eigenvalue weighted by Crippen LogP contribution is -2.45. The largest absolute Gasteiger partial charge is 0.467 e. The lowest BCUT2D eigenvalue weighted by atomic mass is 10.0. The quantitative estimate of drug-likeness (QED) is 0.408. The first kappa shape index (κ1) is 24.4. The summed E-state index contributed by atoms with van der Waals surface area (Å²) in [5.41, 5.74) is 5.51. The second-order valence-corrected chi connectivity index (χ2v) is 9.61. The summed E-state index contributed by atoms with van der Waals surface area (Å²) in [4.78, 5) is 41.3. The molecule has 9 heteroatoms. The minimum atomic E-state index is -0.742. The van der Waals surface area contributed by atoms with Crippen molar-refractivity contribution < 1.29 is 19.1 Å². The van der Waals surface area contributed by atoms with E-state index in [0.717, 1.165) is 30.5 Å². The van der Waals surface area contributed by atoms with Gasteiger partial charge in [-0.1, -0.05) is 32.0 Å². The molecule has 0 saturated heterocycles. The van der Waals surface area contributed by atoms with Crippen LogP contribution in [0.4, 0.5) is 16.2 Å². The highest BCUT2D eigenvalue weighted by Crippen LogP contribution is 2.26. The average Bonchev–Trinajstić information content (AvgIpc) is 3.52. The molecule has 1 aromatic heterocycles. The molecule has 182 valence electrons. The van der Waals surface area contributed by atoms with Crippen LogP contribution >= 0.6 is 11.3 Å². The summed E-state index contributed by atoms with van der Waals surface area (Å²) < 4.78 is 4.77. The molecular weight excluding hydrogens is 464 g/mol. The number of hydrogen-bond acceptors (Lipinski definition) is 6. The maximum Gasteiger partial charge on any atom is 0.328 e. The van der Waals surface area contributed by atoms with Crippen molar-refractivity contribution in [2.24, 2.45) is 5.92 Å². The number of urea groups is 1. The van der Waals surface area contributed by atoms with Crippen LogP contribution in [0.5, 0.6) is 0 Å². The van der Waals surface area contributed by atoms with Crippen molar-refractivity contribution in [1.82, 2.24) is 10.3 Å². The minimum absolute atomic E-state index is 0.120. The van der Waals surface area contributed by atoms with E-state index in [-0.39, 0.29) is 17.0 Å². The first-order valence-corrected chi connectivity index (χ1v) is 12.4. The summed E-state index contributed by atoms with van der Waals surface area (Å²) in [5.74, 6) is -1.04. The van der Waals surface area contributed by atoms with Gasteiger partial charge < -0.3 is 20.7 Å². The third-order valence-electron chi connectivity index (χ3n) is 5.90. The van der Waals surface area contributed by atoms with Crippen molar-refractivity contribution >= 4 is 40.6 Å². The Morgan fingerprint density at radius 2 is 1.66 bits per heavy atom. The van der Waals surface area contributed by atoms with Crippen LogP contribution in [-0.4, -0.2) is 36.0 Å². The van der Waals surface area contributed by atoms with E-state index in [1.807, 2.05) is 38.1 Å². The Morgan fingerprint density at radius 1 is 0.971 bits per heavy atom. The second kappa shape index (κ2) is 10.7. The van der Waals surface area contributed by atoms with Crippen LogP contribution < -0.4 is 16.0 Å². The molecule has 3 aromatic rings. The number of ether oxygens (including phenoxy) is 1. The molecule has 8 nitrogen and oxygen atoms in total. The summed E-state index contributed by atoms with van der Waals surface area (Å²) in [7, 11) is 1.29. The van der Waals surface area contributed by atoms with Crippen molar-refractivity contribution in [3.63, 3.8) is 0 Å². The minimum Gasteiger partial charge on any atom is -0.467 e. The van der Waals surface area contributed by atoms with Crippen molar-refractivity contribution in [2.45, 2.75) is 39.2 Å². The van der Waals surface area contributed by atoms with Crippen LogP contribution in [0.1, 0.15) is 41.2 Å². The van der Waals surface area contributed by atoms with E-state index in [4.69, 9.17) is 4.74 Å². The summed E-state index contributed by atoms with van der Waals surface area (Å²) in [5, 5.41) is 10.4. The number of esters is 1. The SMILES string of the molecule is COC(=O)C(NC(=O)c1nc(-c2ccc(NC(=O)Nc3ccc4c(c3)CCC4)cc2)cs1)C(C)C. The molecule has 0 saturated carbocycles. The highest BCUT2D eigenvalue weighted by molar-refractivity contribution is 7.12. The zero-order chi connectivity index (χ0) is 24.9. The van der Waals surface area contributed by atoms with Gasteiger partial charge in [0.1, 0.15) is 6.04 Å². The zero-order valence-corrected chi connectivity index (χ0v) is 20.7. The van der Waals surface area contributed by atoms with Crippen LogP contribution in [0.3, 0.4) is 0 Å². The zero-order valence-electron chi connectivity index (χ0n) is 19.9. The Bertz CT molecular complexity index is 1240. The molecule has 1 unspecified atom stereocenters. The van der Waals surface area contributed by atoms with Gasteiger partial charge in [-0.05, 0) is 60.6 Å². The molecule has 2 aromatic carbocycles. The second-order valence-electron chi connectivity index (χ2n) is 8.75.